The molecule has 0 aliphatic rings. The Kier molecular flexibility index (Phi) is 5.08. The van der Waals surface area contributed by atoms with Gasteiger partial charge in [0.2, 0.25) is 0 Å². The SMILES string of the molecule is CCc1ccc(C(=O)Nc2cc(-c3cccs3)nn2CCO)cc1. The Morgan fingerprint density at radius 2 is 2.08 bits per heavy atom. The summed E-state index contributed by atoms with van der Waals surface area (Å²) in [6.07, 6.45) is 0.940. The maximum Gasteiger partial charge on any atom is 0.256 e. The molecule has 1 aromatic carbocycles. The molecule has 5 nitrogen and oxygen atoms in total. The van der Waals surface area contributed by atoms with Crippen LogP contribution in [0.4, 0.5) is 5.82 Å². The van der Waals surface area contributed by atoms with Gasteiger partial charge in [0.1, 0.15) is 11.5 Å². The van der Waals surface area contributed by atoms with E-state index in [1.165, 1.54) is 5.56 Å². The summed E-state index contributed by atoms with van der Waals surface area (Å²) in [5, 5.41) is 18.6. The highest BCUT2D eigenvalue weighted by atomic mass is 32.1. The number of carbonyl (C=O) groups is 1. The summed E-state index contributed by atoms with van der Waals surface area (Å²) in [5.41, 5.74) is 2.58. The molecule has 1 amide bonds. The Morgan fingerprint density at radius 1 is 1.29 bits per heavy atom. The largest absolute Gasteiger partial charge is 0.394 e. The van der Waals surface area contributed by atoms with Gasteiger partial charge in [-0.3, -0.25) is 4.79 Å². The molecule has 0 bridgehead atoms. The molecule has 124 valence electrons. The van der Waals surface area contributed by atoms with Crippen molar-refractivity contribution in [2.24, 2.45) is 0 Å². The number of aliphatic hydroxyl groups excluding tert-OH is 1. The number of carbonyl (C=O) groups excluding carboxylic acids is 1. The number of thiophene rings is 1. The minimum absolute atomic E-state index is 0.0420. The van der Waals surface area contributed by atoms with E-state index in [1.807, 2.05) is 47.8 Å². The van der Waals surface area contributed by atoms with Gasteiger partial charge in [0.25, 0.3) is 5.91 Å². The number of anilines is 1. The molecule has 2 aromatic heterocycles. The van der Waals surface area contributed by atoms with Crippen molar-refractivity contribution in [3.05, 3.63) is 59.0 Å². The second kappa shape index (κ2) is 7.42. The average Bonchev–Trinajstić information content (AvgIpc) is 3.26. The minimum atomic E-state index is -0.186. The van der Waals surface area contributed by atoms with Crippen LogP contribution in [-0.2, 0) is 13.0 Å². The molecule has 0 aliphatic heterocycles. The summed E-state index contributed by atoms with van der Waals surface area (Å²) in [6, 6.07) is 13.3. The van der Waals surface area contributed by atoms with Gasteiger partial charge in [-0.25, -0.2) is 4.68 Å². The van der Waals surface area contributed by atoms with Gasteiger partial charge in [0.15, 0.2) is 0 Å². The Bertz CT molecular complexity index is 807. The number of aryl methyl sites for hydroxylation is 1. The van der Waals surface area contributed by atoms with Crippen LogP contribution in [0.5, 0.6) is 0 Å². The van der Waals surface area contributed by atoms with Gasteiger partial charge in [0.05, 0.1) is 18.0 Å². The summed E-state index contributed by atoms with van der Waals surface area (Å²) >= 11 is 1.58. The summed E-state index contributed by atoms with van der Waals surface area (Å²) in [4.78, 5) is 13.5. The zero-order valence-corrected chi connectivity index (χ0v) is 14.2. The van der Waals surface area contributed by atoms with Gasteiger partial charge in [-0.05, 0) is 35.6 Å². The molecule has 2 N–H and O–H groups in total. The third-order valence-electron chi connectivity index (χ3n) is 3.73. The second-order valence-corrected chi connectivity index (χ2v) is 6.29. The van der Waals surface area contributed by atoms with Crippen LogP contribution in [0, 0.1) is 0 Å². The zero-order valence-electron chi connectivity index (χ0n) is 13.4. The quantitative estimate of drug-likeness (QED) is 0.722. The topological polar surface area (TPSA) is 67.2 Å². The van der Waals surface area contributed by atoms with Crippen molar-refractivity contribution in [1.29, 1.82) is 0 Å². The predicted molar refractivity (Wildman–Crippen MR) is 96.4 cm³/mol. The van der Waals surface area contributed by atoms with E-state index < -0.39 is 0 Å². The van der Waals surface area contributed by atoms with Gasteiger partial charge in [-0.15, -0.1) is 11.3 Å². The maximum atomic E-state index is 12.5. The standard InChI is InChI=1S/C18H19N3O2S/c1-2-13-5-7-14(8-6-13)18(23)19-17-12-15(16-4-3-11-24-16)20-21(17)9-10-22/h3-8,11-12,22H,2,9-10H2,1H3,(H,19,23). The van der Waals surface area contributed by atoms with Crippen LogP contribution in [0.15, 0.2) is 47.8 Å². The fraction of sp³-hybridized carbons (Fsp3) is 0.222. The van der Waals surface area contributed by atoms with Crippen molar-refractivity contribution in [2.75, 3.05) is 11.9 Å². The van der Waals surface area contributed by atoms with E-state index in [-0.39, 0.29) is 12.5 Å². The maximum absolute atomic E-state index is 12.5. The Balaban J connectivity index is 1.83. The molecule has 0 unspecified atom stereocenters. The first kappa shape index (κ1) is 16.4. The molecule has 2 heterocycles. The Morgan fingerprint density at radius 3 is 2.71 bits per heavy atom. The molecule has 0 radical (unpaired) electrons. The van der Waals surface area contributed by atoms with Crippen molar-refractivity contribution in [3.8, 4) is 10.6 Å². The molecule has 0 aliphatic carbocycles. The van der Waals surface area contributed by atoms with Crippen molar-refractivity contribution in [2.45, 2.75) is 19.9 Å². The third-order valence-corrected chi connectivity index (χ3v) is 4.62. The molecule has 3 aromatic rings. The van der Waals surface area contributed by atoms with E-state index in [0.717, 1.165) is 17.0 Å². The fourth-order valence-electron chi connectivity index (χ4n) is 2.41. The van der Waals surface area contributed by atoms with E-state index in [1.54, 1.807) is 16.0 Å². The molecule has 0 saturated carbocycles. The lowest BCUT2D eigenvalue weighted by Crippen LogP contribution is -2.16. The van der Waals surface area contributed by atoms with E-state index in [9.17, 15) is 9.90 Å². The number of aromatic nitrogens is 2. The number of rotatable bonds is 6. The molecule has 6 heteroatoms. The van der Waals surface area contributed by atoms with Crippen molar-refractivity contribution in [1.82, 2.24) is 9.78 Å². The van der Waals surface area contributed by atoms with Gasteiger partial charge < -0.3 is 10.4 Å². The molecule has 3 rings (SSSR count). The normalized spacial score (nSPS) is 10.8. The van der Waals surface area contributed by atoms with Crippen molar-refractivity contribution < 1.29 is 9.90 Å². The van der Waals surface area contributed by atoms with E-state index in [4.69, 9.17) is 0 Å². The van der Waals surface area contributed by atoms with Gasteiger partial charge in [-0.2, -0.15) is 5.10 Å². The number of amides is 1. The lowest BCUT2D eigenvalue weighted by molar-refractivity contribution is 0.102. The molecule has 0 saturated heterocycles. The number of nitrogens with one attached hydrogen (secondary N) is 1. The fourth-order valence-corrected chi connectivity index (χ4v) is 3.09. The number of hydrogen-bond acceptors (Lipinski definition) is 4. The summed E-state index contributed by atoms with van der Waals surface area (Å²) < 4.78 is 1.62. The molecular weight excluding hydrogens is 322 g/mol. The lowest BCUT2D eigenvalue weighted by Gasteiger charge is -2.08. The second-order valence-electron chi connectivity index (χ2n) is 5.34. The van der Waals surface area contributed by atoms with Crippen molar-refractivity contribution in [3.63, 3.8) is 0 Å². The number of benzene rings is 1. The Hall–Kier alpha value is -2.44. The Labute approximate surface area is 144 Å². The molecule has 0 spiro atoms. The van der Waals surface area contributed by atoms with Crippen LogP contribution in [0.2, 0.25) is 0 Å². The smallest absolute Gasteiger partial charge is 0.256 e. The average molecular weight is 341 g/mol. The highest BCUT2D eigenvalue weighted by Crippen LogP contribution is 2.26. The van der Waals surface area contributed by atoms with Crippen molar-refractivity contribution >= 4 is 23.1 Å². The molecule has 0 atom stereocenters. The molecular formula is C18H19N3O2S. The first-order chi connectivity index (χ1) is 11.7. The first-order valence-electron chi connectivity index (χ1n) is 7.84. The predicted octanol–water partition coefficient (Wildman–Crippen LogP) is 3.42. The van der Waals surface area contributed by atoms with Crippen LogP contribution in [0.3, 0.4) is 0 Å². The van der Waals surface area contributed by atoms with Crippen LogP contribution in [0.1, 0.15) is 22.8 Å². The van der Waals surface area contributed by atoms with Crippen LogP contribution in [0.25, 0.3) is 10.6 Å². The minimum Gasteiger partial charge on any atom is -0.394 e. The third kappa shape index (κ3) is 3.55. The van der Waals surface area contributed by atoms with Gasteiger partial charge in [-0.1, -0.05) is 25.1 Å². The van der Waals surface area contributed by atoms with E-state index in [0.29, 0.717) is 17.9 Å². The molecule has 0 fully saturated rings. The number of hydrogen-bond donors (Lipinski definition) is 2. The van der Waals surface area contributed by atoms with Gasteiger partial charge >= 0.3 is 0 Å². The van der Waals surface area contributed by atoms with Crippen LogP contribution >= 0.6 is 11.3 Å². The molecule has 24 heavy (non-hydrogen) atoms. The van der Waals surface area contributed by atoms with Crippen LogP contribution in [-0.4, -0.2) is 27.4 Å². The number of nitrogens with zero attached hydrogens (tertiary/aromatic N) is 2. The highest BCUT2D eigenvalue weighted by Gasteiger charge is 2.13. The monoisotopic (exact) mass is 341 g/mol. The van der Waals surface area contributed by atoms with Crippen LogP contribution < -0.4 is 5.32 Å². The summed E-state index contributed by atoms with van der Waals surface area (Å²) in [5.74, 6) is 0.395. The first-order valence-corrected chi connectivity index (χ1v) is 8.72. The summed E-state index contributed by atoms with van der Waals surface area (Å²) in [7, 11) is 0. The number of aliphatic hydroxyl groups is 1. The zero-order chi connectivity index (χ0) is 16.9. The highest BCUT2D eigenvalue weighted by molar-refractivity contribution is 7.13. The van der Waals surface area contributed by atoms with Gasteiger partial charge in [0, 0.05) is 11.6 Å². The van der Waals surface area contributed by atoms with E-state index >= 15 is 0 Å². The summed E-state index contributed by atoms with van der Waals surface area (Å²) in [6.45, 7) is 2.37. The van der Waals surface area contributed by atoms with E-state index in [2.05, 4.69) is 17.3 Å². The lowest BCUT2D eigenvalue weighted by atomic mass is 10.1.